The first-order valence-corrected chi connectivity index (χ1v) is 10.0. The van der Waals surface area contributed by atoms with Gasteiger partial charge in [0.1, 0.15) is 10.4 Å². The average molecular weight is 375 g/mol. The largest absolute Gasteiger partial charge is 0.360 e. The van der Waals surface area contributed by atoms with Crippen LogP contribution in [0.25, 0.3) is 0 Å². The molecular weight excluding hydrogens is 354 g/mol. The van der Waals surface area contributed by atoms with Crippen molar-refractivity contribution in [2.45, 2.75) is 30.2 Å². The Morgan fingerprint density at radius 1 is 1.38 bits per heavy atom. The number of carbonyl (C=O) groups excluding carboxylic acids is 2. The molecule has 0 bridgehead atoms. The maximum absolute atomic E-state index is 12.6. The van der Waals surface area contributed by atoms with E-state index in [1.807, 2.05) is 6.92 Å². The zero-order valence-corrected chi connectivity index (χ0v) is 15.0. The van der Waals surface area contributed by atoms with E-state index < -0.39 is 28.1 Å². The van der Waals surface area contributed by atoms with E-state index >= 15 is 0 Å². The summed E-state index contributed by atoms with van der Waals surface area (Å²) in [5.74, 6) is -1.54. The summed E-state index contributed by atoms with van der Waals surface area (Å²) in [5, 5.41) is 6.58. The predicted molar refractivity (Wildman–Crippen MR) is 88.9 cm³/mol. The van der Waals surface area contributed by atoms with Crippen molar-refractivity contribution in [2.75, 3.05) is 26.2 Å². The van der Waals surface area contributed by atoms with Crippen LogP contribution in [-0.2, 0) is 24.3 Å². The summed E-state index contributed by atoms with van der Waals surface area (Å²) in [6.07, 6.45) is 0.470. The van der Waals surface area contributed by atoms with Gasteiger partial charge in [-0.1, -0.05) is 13.0 Å². The van der Waals surface area contributed by atoms with E-state index in [2.05, 4.69) is 10.6 Å². The summed E-state index contributed by atoms with van der Waals surface area (Å²) in [4.78, 5) is 23.3. The lowest BCUT2D eigenvalue weighted by molar-refractivity contribution is -0.140. The van der Waals surface area contributed by atoms with Gasteiger partial charge in [-0.15, -0.1) is 11.3 Å². The van der Waals surface area contributed by atoms with Crippen LogP contribution in [0.3, 0.4) is 0 Å². The van der Waals surface area contributed by atoms with Crippen LogP contribution in [0.4, 0.5) is 0 Å². The third kappa shape index (κ3) is 4.53. The number of ether oxygens (including phenoxy) is 1. The molecule has 2 amide bonds. The molecule has 24 heavy (non-hydrogen) atoms. The summed E-state index contributed by atoms with van der Waals surface area (Å²) in [7, 11) is -3.68. The van der Waals surface area contributed by atoms with Crippen LogP contribution in [0.2, 0.25) is 0 Å². The molecule has 2 N–H and O–H groups in total. The fraction of sp³-hybridized carbons (Fsp3) is 0.571. The number of nitrogens with one attached hydrogen (secondary N) is 2. The molecule has 0 radical (unpaired) electrons. The van der Waals surface area contributed by atoms with Gasteiger partial charge in [-0.2, -0.15) is 4.31 Å². The molecule has 0 unspecified atom stereocenters. The maximum atomic E-state index is 12.6. The number of thiophene rings is 1. The van der Waals surface area contributed by atoms with Gasteiger partial charge in [-0.25, -0.2) is 8.42 Å². The molecule has 134 valence electrons. The third-order valence-electron chi connectivity index (χ3n) is 3.39. The van der Waals surface area contributed by atoms with E-state index in [0.717, 1.165) is 17.8 Å². The van der Waals surface area contributed by atoms with Gasteiger partial charge in [-0.05, 0) is 24.3 Å². The average Bonchev–Trinajstić information content (AvgIpc) is 3.13. The molecule has 10 heteroatoms. The van der Waals surface area contributed by atoms with Crippen molar-refractivity contribution in [3.05, 3.63) is 17.5 Å². The lowest BCUT2D eigenvalue weighted by Crippen LogP contribution is -2.53. The topological polar surface area (TPSA) is 105 Å². The third-order valence-corrected chi connectivity index (χ3v) is 6.65. The molecule has 8 nitrogen and oxygen atoms in total. The van der Waals surface area contributed by atoms with Crippen molar-refractivity contribution in [1.82, 2.24) is 14.9 Å². The van der Waals surface area contributed by atoms with E-state index in [9.17, 15) is 18.0 Å². The van der Waals surface area contributed by atoms with Gasteiger partial charge >= 0.3 is 11.8 Å². The number of carbonyl (C=O) groups is 2. The Labute approximate surface area is 145 Å². The Hall–Kier alpha value is -1.49. The van der Waals surface area contributed by atoms with E-state index in [4.69, 9.17) is 4.74 Å². The Morgan fingerprint density at radius 2 is 2.12 bits per heavy atom. The first-order valence-electron chi connectivity index (χ1n) is 7.69. The number of amides is 2. The number of sulfonamides is 1. The molecular formula is C14H21N3O5S2. The quantitative estimate of drug-likeness (QED) is 0.688. The van der Waals surface area contributed by atoms with Crippen LogP contribution < -0.4 is 10.6 Å². The van der Waals surface area contributed by atoms with Gasteiger partial charge in [0, 0.05) is 13.1 Å². The second-order valence-electron chi connectivity index (χ2n) is 5.19. The number of rotatable bonds is 6. The molecule has 1 fully saturated rings. The number of nitrogens with zero attached hydrogens (tertiary/aromatic N) is 1. The van der Waals surface area contributed by atoms with E-state index in [-0.39, 0.29) is 10.8 Å². The van der Waals surface area contributed by atoms with Crippen molar-refractivity contribution >= 4 is 33.2 Å². The fourth-order valence-electron chi connectivity index (χ4n) is 2.21. The Morgan fingerprint density at radius 3 is 2.79 bits per heavy atom. The van der Waals surface area contributed by atoms with Gasteiger partial charge in [0.15, 0.2) is 0 Å². The summed E-state index contributed by atoms with van der Waals surface area (Å²) in [6, 6.07) is 3.19. The molecule has 2 heterocycles. The fourth-order valence-corrected chi connectivity index (χ4v) is 4.89. The SMILES string of the molecule is CCCNC(=O)C(=O)NC[C@@H]1OCCCN1S(=O)(=O)c1cccs1. The van der Waals surface area contributed by atoms with Gasteiger partial charge < -0.3 is 15.4 Å². The van der Waals surface area contributed by atoms with Crippen LogP contribution in [-0.4, -0.2) is 57.0 Å². The molecule has 0 aliphatic carbocycles. The zero-order valence-electron chi connectivity index (χ0n) is 13.4. The molecule has 1 atom stereocenters. The number of hydrogen-bond acceptors (Lipinski definition) is 6. The molecule has 2 rings (SSSR count). The molecule has 1 aliphatic heterocycles. The summed E-state index contributed by atoms with van der Waals surface area (Å²) < 4.78 is 32.2. The van der Waals surface area contributed by atoms with Crippen LogP contribution in [0.1, 0.15) is 19.8 Å². The van der Waals surface area contributed by atoms with Gasteiger partial charge in [0.05, 0.1) is 13.2 Å². The van der Waals surface area contributed by atoms with Gasteiger partial charge in [0.2, 0.25) is 0 Å². The Bertz CT molecular complexity index is 660. The van der Waals surface area contributed by atoms with Crippen molar-refractivity contribution in [2.24, 2.45) is 0 Å². The van der Waals surface area contributed by atoms with E-state index in [1.54, 1.807) is 11.4 Å². The first kappa shape index (κ1) is 18.8. The highest BCUT2D eigenvalue weighted by atomic mass is 32.2. The molecule has 1 aromatic rings. The summed E-state index contributed by atoms with van der Waals surface area (Å²) in [5.41, 5.74) is 0. The maximum Gasteiger partial charge on any atom is 0.309 e. The van der Waals surface area contributed by atoms with E-state index in [1.165, 1.54) is 10.4 Å². The molecule has 1 aliphatic rings. The van der Waals surface area contributed by atoms with E-state index in [0.29, 0.717) is 26.1 Å². The highest BCUT2D eigenvalue weighted by molar-refractivity contribution is 7.91. The van der Waals surface area contributed by atoms with Gasteiger partial charge in [-0.3, -0.25) is 9.59 Å². The summed E-state index contributed by atoms with van der Waals surface area (Å²) in [6.45, 7) is 2.91. The predicted octanol–water partition coefficient (Wildman–Crippen LogP) is 0.128. The van der Waals surface area contributed by atoms with Crippen LogP contribution >= 0.6 is 11.3 Å². The van der Waals surface area contributed by atoms with Crippen molar-refractivity contribution in [3.63, 3.8) is 0 Å². The smallest absolute Gasteiger partial charge is 0.309 e. The molecule has 1 aromatic heterocycles. The molecule has 0 saturated carbocycles. The van der Waals surface area contributed by atoms with Crippen molar-refractivity contribution < 1.29 is 22.7 Å². The second kappa shape index (κ2) is 8.56. The monoisotopic (exact) mass is 375 g/mol. The molecule has 0 aromatic carbocycles. The summed E-state index contributed by atoms with van der Waals surface area (Å²) >= 11 is 1.13. The van der Waals surface area contributed by atoms with Crippen molar-refractivity contribution in [1.29, 1.82) is 0 Å². The van der Waals surface area contributed by atoms with Crippen LogP contribution in [0.5, 0.6) is 0 Å². The second-order valence-corrected chi connectivity index (χ2v) is 8.26. The molecule has 0 spiro atoms. The standard InChI is InChI=1S/C14H21N3O5S2/c1-2-6-15-13(18)14(19)16-10-11-17(7-4-8-22-11)24(20,21)12-5-3-9-23-12/h3,5,9,11H,2,4,6-8,10H2,1H3,(H,15,18)(H,16,19)/t11-/m0/s1. The Balaban J connectivity index is 2.00. The highest BCUT2D eigenvalue weighted by Crippen LogP contribution is 2.25. The number of hydrogen-bond donors (Lipinski definition) is 2. The van der Waals surface area contributed by atoms with Gasteiger partial charge in [0.25, 0.3) is 10.0 Å². The highest BCUT2D eigenvalue weighted by Gasteiger charge is 2.35. The minimum absolute atomic E-state index is 0.0804. The normalized spacial score (nSPS) is 19.0. The van der Waals surface area contributed by atoms with Crippen LogP contribution in [0, 0.1) is 0 Å². The molecule has 1 saturated heterocycles. The zero-order chi connectivity index (χ0) is 17.6. The Kier molecular flexibility index (Phi) is 6.72. The minimum Gasteiger partial charge on any atom is -0.360 e. The lowest BCUT2D eigenvalue weighted by Gasteiger charge is -2.34. The lowest BCUT2D eigenvalue weighted by atomic mass is 10.3. The first-order chi connectivity index (χ1) is 11.5. The van der Waals surface area contributed by atoms with Crippen molar-refractivity contribution in [3.8, 4) is 0 Å². The van der Waals surface area contributed by atoms with Crippen LogP contribution in [0.15, 0.2) is 21.7 Å². The minimum atomic E-state index is -3.68.